The Hall–Kier alpha value is -2.86. The number of carbonyl (C=O) groups is 3. The van der Waals surface area contributed by atoms with Gasteiger partial charge in [0.15, 0.2) is 0 Å². The first-order valence-electron chi connectivity index (χ1n) is 9.69. The van der Waals surface area contributed by atoms with Gasteiger partial charge in [0.2, 0.25) is 5.91 Å². The third kappa shape index (κ3) is 3.38. The summed E-state index contributed by atoms with van der Waals surface area (Å²) in [7, 11) is 0. The van der Waals surface area contributed by atoms with Crippen molar-refractivity contribution in [3.05, 3.63) is 58.6 Å². The Bertz CT molecular complexity index is 962. The highest BCUT2D eigenvalue weighted by atomic mass is 35.5. The topological polar surface area (TPSA) is 60.9 Å². The normalized spacial score (nSPS) is 16.6. The van der Waals surface area contributed by atoms with Gasteiger partial charge in [0.05, 0.1) is 27.5 Å². The minimum Gasteiger partial charge on any atom is -0.367 e. The number of fused-ring (bicyclic) bond motifs is 1. The van der Waals surface area contributed by atoms with Gasteiger partial charge >= 0.3 is 0 Å². The van der Waals surface area contributed by atoms with Gasteiger partial charge < -0.3 is 9.80 Å². The van der Waals surface area contributed by atoms with E-state index in [0.29, 0.717) is 48.0 Å². The summed E-state index contributed by atoms with van der Waals surface area (Å²) in [5, 5.41) is 0.475. The Kier molecular flexibility index (Phi) is 5.04. The van der Waals surface area contributed by atoms with Crippen molar-refractivity contribution in [1.82, 2.24) is 4.90 Å². The van der Waals surface area contributed by atoms with Crippen LogP contribution in [0.2, 0.25) is 5.02 Å². The van der Waals surface area contributed by atoms with Gasteiger partial charge in [-0.05, 0) is 30.3 Å². The Morgan fingerprint density at radius 1 is 0.931 bits per heavy atom. The number of amides is 3. The summed E-state index contributed by atoms with van der Waals surface area (Å²) in [6, 6.07) is 12.0. The van der Waals surface area contributed by atoms with E-state index >= 15 is 0 Å². The molecular weight excluding hydrogens is 390 g/mol. The number of rotatable bonds is 3. The fraction of sp³-hybridized carbons (Fsp3) is 0.318. The van der Waals surface area contributed by atoms with Crippen LogP contribution in [0.3, 0.4) is 0 Å². The van der Waals surface area contributed by atoms with Crippen LogP contribution in [0.25, 0.3) is 0 Å². The smallest absolute Gasteiger partial charge is 0.266 e. The summed E-state index contributed by atoms with van der Waals surface area (Å²) in [6.07, 6.45) is 0. The maximum absolute atomic E-state index is 12.7. The second kappa shape index (κ2) is 7.52. The number of nitrogens with zero attached hydrogens (tertiary/aromatic N) is 3. The molecule has 6 nitrogen and oxygen atoms in total. The third-order valence-electron chi connectivity index (χ3n) is 5.41. The highest BCUT2D eigenvalue weighted by Gasteiger charge is 2.36. The van der Waals surface area contributed by atoms with E-state index in [1.54, 1.807) is 36.4 Å². The molecule has 4 rings (SSSR count). The number of carbonyl (C=O) groups excluding carboxylic acids is 3. The van der Waals surface area contributed by atoms with Crippen molar-refractivity contribution in [3.63, 3.8) is 0 Å². The van der Waals surface area contributed by atoms with Gasteiger partial charge in [0.1, 0.15) is 0 Å². The maximum Gasteiger partial charge on any atom is 0.266 e. The first kappa shape index (κ1) is 19.5. The lowest BCUT2D eigenvalue weighted by molar-refractivity contribution is -0.134. The standard InChI is InChI=1S/C22H22ClN3O3/c1-14(2)20(27)25-11-9-24(10-12-25)19-8-7-15(13-18(19)23)26-21(28)16-5-3-4-6-17(16)22(26)29/h3-8,13-14H,9-12H2,1-2H3. The van der Waals surface area contributed by atoms with E-state index in [2.05, 4.69) is 4.90 Å². The predicted octanol–water partition coefficient (Wildman–Crippen LogP) is 3.45. The Morgan fingerprint density at radius 2 is 1.52 bits per heavy atom. The number of hydrogen-bond acceptors (Lipinski definition) is 4. The summed E-state index contributed by atoms with van der Waals surface area (Å²) in [6.45, 7) is 6.48. The van der Waals surface area contributed by atoms with E-state index in [4.69, 9.17) is 11.6 Å². The molecule has 0 radical (unpaired) electrons. The third-order valence-corrected chi connectivity index (χ3v) is 5.71. The fourth-order valence-electron chi connectivity index (χ4n) is 3.85. The molecule has 2 aromatic rings. The SMILES string of the molecule is CC(C)C(=O)N1CCN(c2ccc(N3C(=O)c4ccccc4C3=O)cc2Cl)CC1. The van der Waals surface area contributed by atoms with E-state index in [0.717, 1.165) is 5.69 Å². The molecule has 0 saturated carbocycles. The number of benzene rings is 2. The highest BCUT2D eigenvalue weighted by molar-refractivity contribution is 6.36. The molecule has 29 heavy (non-hydrogen) atoms. The number of anilines is 2. The van der Waals surface area contributed by atoms with Crippen LogP contribution in [-0.4, -0.2) is 48.8 Å². The van der Waals surface area contributed by atoms with Crippen molar-refractivity contribution in [3.8, 4) is 0 Å². The van der Waals surface area contributed by atoms with E-state index in [-0.39, 0.29) is 23.6 Å². The van der Waals surface area contributed by atoms with Crippen molar-refractivity contribution in [2.24, 2.45) is 5.92 Å². The molecule has 1 fully saturated rings. The Labute approximate surface area is 174 Å². The summed E-state index contributed by atoms with van der Waals surface area (Å²) < 4.78 is 0. The van der Waals surface area contributed by atoms with Gasteiger partial charge in [0.25, 0.3) is 11.8 Å². The lowest BCUT2D eigenvalue weighted by Gasteiger charge is -2.37. The molecule has 0 aliphatic carbocycles. The van der Waals surface area contributed by atoms with Gasteiger partial charge in [-0.1, -0.05) is 37.6 Å². The molecule has 0 aromatic heterocycles. The lowest BCUT2D eigenvalue weighted by Crippen LogP contribution is -2.50. The van der Waals surface area contributed by atoms with Crippen LogP contribution >= 0.6 is 11.6 Å². The monoisotopic (exact) mass is 411 g/mol. The average Bonchev–Trinajstić information content (AvgIpc) is 2.98. The van der Waals surface area contributed by atoms with Crippen LogP contribution in [-0.2, 0) is 4.79 Å². The van der Waals surface area contributed by atoms with E-state index in [9.17, 15) is 14.4 Å². The van der Waals surface area contributed by atoms with Gasteiger partial charge in [-0.15, -0.1) is 0 Å². The Balaban J connectivity index is 1.52. The first-order chi connectivity index (χ1) is 13.9. The van der Waals surface area contributed by atoms with Crippen LogP contribution < -0.4 is 9.80 Å². The zero-order valence-electron chi connectivity index (χ0n) is 16.4. The molecular formula is C22H22ClN3O3. The lowest BCUT2D eigenvalue weighted by atomic mass is 10.1. The number of imide groups is 1. The zero-order valence-corrected chi connectivity index (χ0v) is 17.1. The molecule has 2 aliphatic rings. The van der Waals surface area contributed by atoms with Crippen LogP contribution in [0.4, 0.5) is 11.4 Å². The second-order valence-corrected chi connectivity index (χ2v) is 8.00. The van der Waals surface area contributed by atoms with E-state index < -0.39 is 0 Å². The van der Waals surface area contributed by atoms with Crippen molar-refractivity contribution < 1.29 is 14.4 Å². The van der Waals surface area contributed by atoms with Crippen LogP contribution in [0, 0.1) is 5.92 Å². The minimum absolute atomic E-state index is 0.0101. The maximum atomic E-state index is 12.7. The van der Waals surface area contributed by atoms with Gasteiger partial charge in [-0.2, -0.15) is 0 Å². The first-order valence-corrected chi connectivity index (χ1v) is 10.1. The molecule has 0 spiro atoms. The average molecular weight is 412 g/mol. The molecule has 3 amide bonds. The summed E-state index contributed by atoms with van der Waals surface area (Å²) in [5.41, 5.74) is 2.11. The fourth-order valence-corrected chi connectivity index (χ4v) is 4.14. The molecule has 0 N–H and O–H groups in total. The van der Waals surface area contributed by atoms with Gasteiger partial charge in [0, 0.05) is 32.1 Å². The molecule has 2 aromatic carbocycles. The van der Waals surface area contributed by atoms with E-state index in [1.165, 1.54) is 4.90 Å². The molecule has 2 aliphatic heterocycles. The summed E-state index contributed by atoms with van der Waals surface area (Å²) in [5.74, 6) is -0.522. The van der Waals surface area contributed by atoms with Crippen LogP contribution in [0.5, 0.6) is 0 Å². The zero-order chi connectivity index (χ0) is 20.7. The van der Waals surface area contributed by atoms with Crippen molar-refractivity contribution in [2.45, 2.75) is 13.8 Å². The number of hydrogen-bond donors (Lipinski definition) is 0. The predicted molar refractivity (Wildman–Crippen MR) is 113 cm³/mol. The van der Waals surface area contributed by atoms with Crippen molar-refractivity contribution >= 4 is 40.7 Å². The summed E-state index contributed by atoms with van der Waals surface area (Å²) >= 11 is 6.53. The Morgan fingerprint density at radius 3 is 2.03 bits per heavy atom. The highest BCUT2D eigenvalue weighted by Crippen LogP contribution is 2.34. The molecule has 0 bridgehead atoms. The molecule has 7 heteroatoms. The van der Waals surface area contributed by atoms with Crippen molar-refractivity contribution in [2.75, 3.05) is 36.0 Å². The summed E-state index contributed by atoms with van der Waals surface area (Å²) in [4.78, 5) is 42.7. The van der Waals surface area contributed by atoms with Crippen LogP contribution in [0.1, 0.15) is 34.6 Å². The van der Waals surface area contributed by atoms with Gasteiger partial charge in [-0.3, -0.25) is 14.4 Å². The van der Waals surface area contributed by atoms with Crippen LogP contribution in [0.15, 0.2) is 42.5 Å². The molecule has 1 saturated heterocycles. The second-order valence-electron chi connectivity index (χ2n) is 7.59. The minimum atomic E-state index is -0.338. The molecule has 0 unspecified atom stereocenters. The molecule has 150 valence electrons. The number of halogens is 1. The largest absolute Gasteiger partial charge is 0.367 e. The number of piperazine rings is 1. The van der Waals surface area contributed by atoms with Crippen molar-refractivity contribution in [1.29, 1.82) is 0 Å². The van der Waals surface area contributed by atoms with Gasteiger partial charge in [-0.25, -0.2) is 4.90 Å². The van der Waals surface area contributed by atoms with E-state index in [1.807, 2.05) is 24.8 Å². The molecule has 0 atom stereocenters. The quantitative estimate of drug-likeness (QED) is 0.726. The molecule has 2 heterocycles.